The molecule has 3 rings (SSSR count). The summed E-state index contributed by atoms with van der Waals surface area (Å²) in [5.74, 6) is 0. The van der Waals surface area contributed by atoms with Crippen LogP contribution in [-0.2, 0) is 16.1 Å². The zero-order valence-electron chi connectivity index (χ0n) is 11.7. The van der Waals surface area contributed by atoms with E-state index in [1.165, 1.54) is 0 Å². The number of hydrogen-bond acceptors (Lipinski definition) is 3. The number of aryl methyl sites for hydroxylation is 1. The van der Waals surface area contributed by atoms with Gasteiger partial charge in [0.05, 0.1) is 11.2 Å². The summed E-state index contributed by atoms with van der Waals surface area (Å²) in [7, 11) is 0. The van der Waals surface area contributed by atoms with Gasteiger partial charge in [-0.25, -0.2) is 4.98 Å². The number of fused-ring (bicyclic) bond motifs is 1. The van der Waals surface area contributed by atoms with Crippen molar-refractivity contribution >= 4 is 17.4 Å². The molecule has 3 aromatic rings. The van der Waals surface area contributed by atoms with Crippen molar-refractivity contribution in [3.8, 4) is 11.1 Å². The predicted molar refractivity (Wildman–Crippen MR) is 82.8 cm³/mol. The van der Waals surface area contributed by atoms with E-state index in [2.05, 4.69) is 23.2 Å². The number of carbonyl (C=O) groups is 1. The van der Waals surface area contributed by atoms with Gasteiger partial charge in [0.2, 0.25) is 0 Å². The highest BCUT2D eigenvalue weighted by atomic mass is 16.5. The van der Waals surface area contributed by atoms with Gasteiger partial charge in [0.15, 0.2) is 0 Å². The third-order valence-electron chi connectivity index (χ3n) is 3.48. The van der Waals surface area contributed by atoms with Gasteiger partial charge in [0, 0.05) is 5.39 Å². The second kappa shape index (κ2) is 5.75. The molecule has 0 saturated heterocycles. The molecular weight excluding hydrogens is 262 g/mol. The molecule has 0 unspecified atom stereocenters. The molecule has 0 fully saturated rings. The van der Waals surface area contributed by atoms with Crippen molar-refractivity contribution < 1.29 is 9.53 Å². The largest absolute Gasteiger partial charge is 0.461 e. The maximum atomic E-state index is 10.4. The minimum Gasteiger partial charge on any atom is -0.461 e. The van der Waals surface area contributed by atoms with Crippen LogP contribution in [0.4, 0.5) is 0 Å². The van der Waals surface area contributed by atoms with Gasteiger partial charge in [-0.1, -0.05) is 48.5 Å². The van der Waals surface area contributed by atoms with E-state index < -0.39 is 0 Å². The van der Waals surface area contributed by atoms with Crippen molar-refractivity contribution in [3.05, 3.63) is 65.9 Å². The molecule has 0 radical (unpaired) electrons. The van der Waals surface area contributed by atoms with Crippen LogP contribution < -0.4 is 0 Å². The van der Waals surface area contributed by atoms with Crippen molar-refractivity contribution in [2.75, 3.05) is 0 Å². The Morgan fingerprint density at radius 1 is 1.10 bits per heavy atom. The molecule has 0 atom stereocenters. The summed E-state index contributed by atoms with van der Waals surface area (Å²) in [4.78, 5) is 15.0. The van der Waals surface area contributed by atoms with Crippen molar-refractivity contribution in [1.82, 2.24) is 4.98 Å². The molecule has 3 nitrogen and oxygen atoms in total. The Balaban J connectivity index is 2.25. The van der Waals surface area contributed by atoms with Crippen LogP contribution in [0, 0.1) is 6.92 Å². The number of pyridine rings is 1. The van der Waals surface area contributed by atoms with Crippen molar-refractivity contribution in [1.29, 1.82) is 0 Å². The standard InChI is InChI=1S/C18H15NO2/c1-13-6-5-9-16-17(14-7-3-2-4-8-14)10-15(11-21-12-20)19-18(13)16/h2-10,12H,11H2,1H3. The molecule has 0 saturated carbocycles. The maximum Gasteiger partial charge on any atom is 0.293 e. The Morgan fingerprint density at radius 3 is 2.67 bits per heavy atom. The zero-order valence-corrected chi connectivity index (χ0v) is 11.7. The Morgan fingerprint density at radius 2 is 1.90 bits per heavy atom. The van der Waals surface area contributed by atoms with Gasteiger partial charge >= 0.3 is 0 Å². The average Bonchev–Trinajstić information content (AvgIpc) is 2.54. The second-order valence-corrected chi connectivity index (χ2v) is 4.91. The maximum absolute atomic E-state index is 10.4. The lowest BCUT2D eigenvalue weighted by Crippen LogP contribution is -1.97. The number of benzene rings is 2. The second-order valence-electron chi connectivity index (χ2n) is 4.91. The highest BCUT2D eigenvalue weighted by Crippen LogP contribution is 2.30. The lowest BCUT2D eigenvalue weighted by atomic mass is 9.98. The molecule has 2 aromatic carbocycles. The van der Waals surface area contributed by atoms with Gasteiger partial charge in [-0.15, -0.1) is 0 Å². The number of para-hydroxylation sites is 1. The fourth-order valence-corrected chi connectivity index (χ4v) is 2.49. The van der Waals surface area contributed by atoms with Gasteiger partial charge in [-0.3, -0.25) is 4.79 Å². The summed E-state index contributed by atoms with van der Waals surface area (Å²) in [5.41, 5.74) is 5.04. The number of carbonyl (C=O) groups excluding carboxylic acids is 1. The third kappa shape index (κ3) is 2.63. The first-order chi connectivity index (χ1) is 10.3. The molecule has 0 aliphatic rings. The van der Waals surface area contributed by atoms with Gasteiger partial charge < -0.3 is 4.74 Å². The van der Waals surface area contributed by atoms with Crippen molar-refractivity contribution in [2.45, 2.75) is 13.5 Å². The first-order valence-corrected chi connectivity index (χ1v) is 6.79. The summed E-state index contributed by atoms with van der Waals surface area (Å²) >= 11 is 0. The van der Waals surface area contributed by atoms with E-state index in [4.69, 9.17) is 4.74 Å². The number of ether oxygens (including phenoxy) is 1. The normalized spacial score (nSPS) is 10.5. The fraction of sp³-hybridized carbons (Fsp3) is 0.111. The Kier molecular flexibility index (Phi) is 3.65. The lowest BCUT2D eigenvalue weighted by molar-refractivity contribution is -0.129. The van der Waals surface area contributed by atoms with E-state index in [9.17, 15) is 4.79 Å². The average molecular weight is 277 g/mol. The zero-order chi connectivity index (χ0) is 14.7. The molecule has 1 aromatic heterocycles. The molecule has 104 valence electrons. The highest BCUT2D eigenvalue weighted by molar-refractivity contribution is 5.96. The van der Waals surface area contributed by atoms with Crippen LogP contribution in [0.15, 0.2) is 54.6 Å². The van der Waals surface area contributed by atoms with Crippen LogP contribution in [0.3, 0.4) is 0 Å². The van der Waals surface area contributed by atoms with Crippen LogP contribution in [-0.4, -0.2) is 11.5 Å². The highest BCUT2D eigenvalue weighted by Gasteiger charge is 2.09. The van der Waals surface area contributed by atoms with Crippen molar-refractivity contribution in [3.63, 3.8) is 0 Å². The van der Waals surface area contributed by atoms with Crippen molar-refractivity contribution in [2.24, 2.45) is 0 Å². The molecule has 0 bridgehead atoms. The van der Waals surface area contributed by atoms with E-state index in [1.807, 2.05) is 43.3 Å². The van der Waals surface area contributed by atoms with E-state index in [1.54, 1.807) is 0 Å². The van der Waals surface area contributed by atoms with E-state index >= 15 is 0 Å². The van der Waals surface area contributed by atoms with Gasteiger partial charge in [-0.05, 0) is 29.7 Å². The van der Waals surface area contributed by atoms with Gasteiger partial charge in [0.1, 0.15) is 6.61 Å². The van der Waals surface area contributed by atoms with Crippen LogP contribution >= 0.6 is 0 Å². The minimum absolute atomic E-state index is 0.188. The summed E-state index contributed by atoms with van der Waals surface area (Å²) in [6.45, 7) is 2.67. The molecule has 21 heavy (non-hydrogen) atoms. The van der Waals surface area contributed by atoms with E-state index in [0.29, 0.717) is 6.47 Å². The predicted octanol–water partition coefficient (Wildman–Crippen LogP) is 3.88. The fourth-order valence-electron chi connectivity index (χ4n) is 2.49. The summed E-state index contributed by atoms with van der Waals surface area (Å²) in [5, 5.41) is 1.11. The third-order valence-corrected chi connectivity index (χ3v) is 3.48. The number of rotatable bonds is 4. The topological polar surface area (TPSA) is 39.2 Å². The van der Waals surface area contributed by atoms with Crippen LogP contribution in [0.1, 0.15) is 11.3 Å². The monoisotopic (exact) mass is 277 g/mol. The molecule has 0 aliphatic carbocycles. The molecule has 0 amide bonds. The Hall–Kier alpha value is -2.68. The molecule has 0 aliphatic heterocycles. The molecule has 0 spiro atoms. The van der Waals surface area contributed by atoms with Crippen LogP contribution in [0.2, 0.25) is 0 Å². The molecule has 3 heteroatoms. The molecule has 0 N–H and O–H groups in total. The van der Waals surface area contributed by atoms with Gasteiger partial charge in [-0.2, -0.15) is 0 Å². The van der Waals surface area contributed by atoms with Crippen LogP contribution in [0.25, 0.3) is 22.0 Å². The van der Waals surface area contributed by atoms with E-state index in [-0.39, 0.29) is 6.61 Å². The smallest absolute Gasteiger partial charge is 0.293 e. The first kappa shape index (κ1) is 13.3. The Labute approximate surface area is 123 Å². The van der Waals surface area contributed by atoms with Crippen LogP contribution in [0.5, 0.6) is 0 Å². The first-order valence-electron chi connectivity index (χ1n) is 6.79. The molecular formula is C18H15NO2. The number of nitrogens with zero attached hydrogens (tertiary/aromatic N) is 1. The lowest BCUT2D eigenvalue weighted by Gasteiger charge is -2.11. The summed E-state index contributed by atoms with van der Waals surface area (Å²) in [6, 6.07) is 18.3. The summed E-state index contributed by atoms with van der Waals surface area (Å²) < 4.78 is 4.86. The number of aromatic nitrogens is 1. The number of hydrogen-bond donors (Lipinski definition) is 0. The van der Waals surface area contributed by atoms with Gasteiger partial charge in [0.25, 0.3) is 6.47 Å². The minimum atomic E-state index is 0.188. The molecule has 1 heterocycles. The Bertz CT molecular complexity index is 782. The van der Waals surface area contributed by atoms with E-state index in [0.717, 1.165) is 33.3 Å². The SMILES string of the molecule is Cc1cccc2c(-c3ccccc3)cc(COC=O)nc12. The summed E-state index contributed by atoms with van der Waals surface area (Å²) in [6.07, 6.45) is 0. The quantitative estimate of drug-likeness (QED) is 0.679.